The van der Waals surface area contributed by atoms with Crippen LogP contribution in [0.5, 0.6) is 0 Å². The lowest BCUT2D eigenvalue weighted by Gasteiger charge is -2.19. The van der Waals surface area contributed by atoms with Gasteiger partial charge in [-0.05, 0) is 35.4 Å². The number of halogens is 1. The number of benzene rings is 3. The zero-order chi connectivity index (χ0) is 17.9. The Balaban J connectivity index is 2.07. The highest BCUT2D eigenvalue weighted by molar-refractivity contribution is 8.00. The number of rotatable bonds is 5. The summed E-state index contributed by atoms with van der Waals surface area (Å²) in [4.78, 5) is 1.10. The van der Waals surface area contributed by atoms with Gasteiger partial charge in [0.15, 0.2) is 9.84 Å². The van der Waals surface area contributed by atoms with E-state index < -0.39 is 9.84 Å². The van der Waals surface area contributed by atoms with E-state index in [-0.39, 0.29) is 5.25 Å². The maximum Gasteiger partial charge on any atom is 0.176 e. The first-order valence-electron chi connectivity index (χ1n) is 7.71. The fourth-order valence-electron chi connectivity index (χ4n) is 2.57. The average molecular weight is 389 g/mol. The van der Waals surface area contributed by atoms with Crippen LogP contribution in [0.2, 0.25) is 5.02 Å². The van der Waals surface area contributed by atoms with Crippen LogP contribution in [-0.4, -0.2) is 14.7 Å². The van der Waals surface area contributed by atoms with E-state index in [4.69, 9.17) is 11.6 Å². The van der Waals surface area contributed by atoms with Gasteiger partial charge < -0.3 is 0 Å². The normalized spacial score (nSPS) is 12.7. The lowest BCUT2D eigenvalue weighted by atomic mass is 10.0. The summed E-state index contributed by atoms with van der Waals surface area (Å²) < 4.78 is 24.2. The molecule has 3 aromatic rings. The summed E-state index contributed by atoms with van der Waals surface area (Å²) in [6.07, 6.45) is 1.24. The Morgan fingerprint density at radius 2 is 1.36 bits per heavy atom. The molecule has 128 valence electrons. The quantitative estimate of drug-likeness (QED) is 0.531. The number of thioether (sulfide) groups is 1. The highest BCUT2D eigenvalue weighted by Gasteiger charge is 2.20. The maximum atomic E-state index is 12.1. The second kappa shape index (κ2) is 7.65. The molecule has 0 aliphatic carbocycles. The molecule has 2 nitrogen and oxygen atoms in total. The predicted octanol–water partition coefficient (Wildman–Crippen LogP) is 5.63. The zero-order valence-corrected chi connectivity index (χ0v) is 16.0. The van der Waals surface area contributed by atoms with Gasteiger partial charge in [-0.15, -0.1) is 11.8 Å². The van der Waals surface area contributed by atoms with Crippen molar-refractivity contribution in [3.63, 3.8) is 0 Å². The van der Waals surface area contributed by atoms with Gasteiger partial charge in [0.1, 0.15) is 0 Å². The van der Waals surface area contributed by atoms with Crippen molar-refractivity contribution in [1.29, 1.82) is 0 Å². The molecular weight excluding hydrogens is 372 g/mol. The maximum absolute atomic E-state index is 12.1. The van der Waals surface area contributed by atoms with E-state index in [1.165, 1.54) is 18.0 Å². The molecule has 0 fully saturated rings. The molecule has 0 saturated heterocycles. The first kappa shape index (κ1) is 18.1. The molecule has 0 radical (unpaired) electrons. The predicted molar refractivity (Wildman–Crippen MR) is 105 cm³/mol. The van der Waals surface area contributed by atoms with E-state index in [2.05, 4.69) is 12.1 Å². The topological polar surface area (TPSA) is 34.1 Å². The fraction of sp³-hybridized carbons (Fsp3) is 0.100. The molecule has 0 amide bonds. The molecule has 25 heavy (non-hydrogen) atoms. The van der Waals surface area contributed by atoms with Crippen LogP contribution in [-0.2, 0) is 9.84 Å². The average Bonchev–Trinajstić information content (AvgIpc) is 2.61. The van der Waals surface area contributed by atoms with Crippen molar-refractivity contribution in [1.82, 2.24) is 0 Å². The summed E-state index contributed by atoms with van der Waals surface area (Å²) in [5, 5.41) is 0.651. The van der Waals surface area contributed by atoms with E-state index in [1.807, 2.05) is 54.6 Å². The van der Waals surface area contributed by atoms with Crippen LogP contribution in [0.3, 0.4) is 0 Å². The second-order valence-corrected chi connectivity index (χ2v) is 9.25. The largest absolute Gasteiger partial charge is 0.224 e. The summed E-state index contributed by atoms with van der Waals surface area (Å²) in [6, 6.07) is 24.8. The van der Waals surface area contributed by atoms with Crippen molar-refractivity contribution in [2.75, 3.05) is 6.26 Å². The molecule has 3 aromatic carbocycles. The third-order valence-electron chi connectivity index (χ3n) is 3.77. The van der Waals surface area contributed by atoms with E-state index in [1.54, 1.807) is 12.1 Å². The van der Waals surface area contributed by atoms with E-state index in [9.17, 15) is 8.42 Å². The molecular formula is C20H17ClO2S2. The third kappa shape index (κ3) is 4.46. The first-order chi connectivity index (χ1) is 11.9. The minimum Gasteiger partial charge on any atom is -0.224 e. The second-order valence-electron chi connectivity index (χ2n) is 5.68. The van der Waals surface area contributed by atoms with E-state index >= 15 is 0 Å². The van der Waals surface area contributed by atoms with Crippen molar-refractivity contribution >= 4 is 33.2 Å². The van der Waals surface area contributed by atoms with Crippen LogP contribution in [0.15, 0.2) is 88.7 Å². The molecule has 5 heteroatoms. The van der Waals surface area contributed by atoms with Gasteiger partial charge in [-0.25, -0.2) is 8.42 Å². The Kier molecular flexibility index (Phi) is 5.52. The van der Waals surface area contributed by atoms with Crippen LogP contribution in [0.4, 0.5) is 0 Å². The minimum atomic E-state index is -3.29. The number of hydrogen-bond donors (Lipinski definition) is 0. The molecule has 0 spiro atoms. The zero-order valence-electron chi connectivity index (χ0n) is 13.6. The van der Waals surface area contributed by atoms with Crippen molar-refractivity contribution in [3.05, 3.63) is 95.0 Å². The summed E-state index contributed by atoms with van der Waals surface area (Å²) in [5.74, 6) is 0. The van der Waals surface area contributed by atoms with Crippen molar-refractivity contribution in [2.24, 2.45) is 0 Å². The highest BCUT2D eigenvalue weighted by atomic mass is 35.5. The van der Waals surface area contributed by atoms with Gasteiger partial charge in [-0.2, -0.15) is 0 Å². The molecule has 0 bridgehead atoms. The first-order valence-corrected chi connectivity index (χ1v) is 10.9. The molecule has 1 atom stereocenters. The lowest BCUT2D eigenvalue weighted by molar-refractivity contribution is 0.600. The summed E-state index contributed by atoms with van der Waals surface area (Å²) in [5.41, 5.74) is 2.18. The third-order valence-corrected chi connectivity index (χ3v) is 6.69. The van der Waals surface area contributed by atoms with Gasteiger partial charge in [-0.3, -0.25) is 0 Å². The molecule has 3 rings (SSSR count). The SMILES string of the molecule is CS(=O)(=O)c1ccccc1SC(c1ccccc1)c1ccc(Cl)cc1. The van der Waals surface area contributed by atoms with E-state index in [0.29, 0.717) is 9.92 Å². The monoisotopic (exact) mass is 388 g/mol. The minimum absolute atomic E-state index is 0.0265. The number of sulfone groups is 1. The fourth-order valence-corrected chi connectivity index (χ4v) is 5.24. The van der Waals surface area contributed by atoms with Crippen molar-refractivity contribution in [2.45, 2.75) is 15.0 Å². The molecule has 0 aliphatic heterocycles. The highest BCUT2D eigenvalue weighted by Crippen LogP contribution is 2.42. The van der Waals surface area contributed by atoms with Crippen LogP contribution in [0.25, 0.3) is 0 Å². The van der Waals surface area contributed by atoms with Gasteiger partial charge in [-0.1, -0.05) is 66.2 Å². The van der Waals surface area contributed by atoms with Gasteiger partial charge in [0, 0.05) is 16.2 Å². The van der Waals surface area contributed by atoms with Crippen LogP contribution < -0.4 is 0 Å². The molecule has 0 aliphatic rings. The van der Waals surface area contributed by atoms with Crippen LogP contribution >= 0.6 is 23.4 Å². The Labute approximate surface area is 157 Å². The lowest BCUT2D eigenvalue weighted by Crippen LogP contribution is -2.02. The van der Waals surface area contributed by atoms with Gasteiger partial charge in [0.05, 0.1) is 10.1 Å². The molecule has 0 saturated carbocycles. The smallest absolute Gasteiger partial charge is 0.176 e. The Bertz CT molecular complexity index is 953. The van der Waals surface area contributed by atoms with Gasteiger partial charge >= 0.3 is 0 Å². The van der Waals surface area contributed by atoms with Crippen LogP contribution in [0.1, 0.15) is 16.4 Å². The van der Waals surface area contributed by atoms with Gasteiger partial charge in [0.25, 0.3) is 0 Å². The van der Waals surface area contributed by atoms with Crippen molar-refractivity contribution < 1.29 is 8.42 Å². The van der Waals surface area contributed by atoms with Gasteiger partial charge in [0.2, 0.25) is 0 Å². The van der Waals surface area contributed by atoms with Crippen molar-refractivity contribution in [3.8, 4) is 0 Å². The van der Waals surface area contributed by atoms with Crippen LogP contribution in [0, 0.1) is 0 Å². The summed E-state index contributed by atoms with van der Waals surface area (Å²) in [7, 11) is -3.29. The summed E-state index contributed by atoms with van der Waals surface area (Å²) in [6.45, 7) is 0. The summed E-state index contributed by atoms with van der Waals surface area (Å²) >= 11 is 7.55. The number of hydrogen-bond acceptors (Lipinski definition) is 3. The Morgan fingerprint density at radius 3 is 2.00 bits per heavy atom. The molecule has 0 heterocycles. The Hall–Kier alpha value is -1.75. The molecule has 1 unspecified atom stereocenters. The van der Waals surface area contributed by atoms with E-state index in [0.717, 1.165) is 16.0 Å². The Morgan fingerprint density at radius 1 is 0.800 bits per heavy atom. The molecule has 0 aromatic heterocycles. The molecule has 0 N–H and O–H groups in total. The standard InChI is InChI=1S/C20H17ClO2S2/c1-25(22,23)19-10-6-5-9-18(19)24-20(15-7-3-2-4-8-15)16-11-13-17(21)14-12-16/h2-14,20H,1H3.